The third-order valence-electron chi connectivity index (χ3n) is 3.33. The van der Waals surface area contributed by atoms with Crippen molar-refractivity contribution in [3.63, 3.8) is 0 Å². The zero-order valence-corrected chi connectivity index (χ0v) is 11.8. The van der Waals surface area contributed by atoms with Crippen molar-refractivity contribution in [3.8, 4) is 0 Å². The zero-order chi connectivity index (χ0) is 13.8. The van der Waals surface area contributed by atoms with Crippen LogP contribution >= 0.6 is 0 Å². The number of nitrogens with two attached hydrogens (primary N) is 1. The Hall–Kier alpha value is -1.35. The summed E-state index contributed by atoms with van der Waals surface area (Å²) in [7, 11) is 0. The monoisotopic (exact) mass is 248 g/mol. The third-order valence-corrected chi connectivity index (χ3v) is 3.33. The molecule has 3 N–H and O–H groups in total. The van der Waals surface area contributed by atoms with Crippen LogP contribution in [0.1, 0.15) is 37.0 Å². The van der Waals surface area contributed by atoms with Gasteiger partial charge in [0.25, 0.3) is 0 Å². The Morgan fingerprint density at radius 2 is 2.00 bits per heavy atom. The summed E-state index contributed by atoms with van der Waals surface area (Å²) >= 11 is 0. The molecule has 0 radical (unpaired) electrons. The number of amides is 1. The maximum absolute atomic E-state index is 12.1. The van der Waals surface area contributed by atoms with Crippen LogP contribution in [0.3, 0.4) is 0 Å². The number of benzene rings is 1. The van der Waals surface area contributed by atoms with Gasteiger partial charge in [-0.3, -0.25) is 4.79 Å². The lowest BCUT2D eigenvalue weighted by Crippen LogP contribution is -2.37. The molecule has 0 aromatic heterocycles. The van der Waals surface area contributed by atoms with Crippen LogP contribution in [-0.4, -0.2) is 12.5 Å². The normalized spacial score (nSPS) is 11.4. The van der Waals surface area contributed by atoms with E-state index in [4.69, 9.17) is 5.73 Å². The van der Waals surface area contributed by atoms with Crippen molar-refractivity contribution in [2.75, 3.05) is 6.54 Å². The van der Waals surface area contributed by atoms with Gasteiger partial charge in [-0.2, -0.15) is 0 Å². The first kappa shape index (κ1) is 14.7. The molecule has 1 aromatic carbocycles. The van der Waals surface area contributed by atoms with E-state index < -0.39 is 5.41 Å². The maximum Gasteiger partial charge on any atom is 0.225 e. The van der Waals surface area contributed by atoms with Gasteiger partial charge < -0.3 is 11.1 Å². The minimum Gasteiger partial charge on any atom is -0.352 e. The highest BCUT2D eigenvalue weighted by Gasteiger charge is 2.26. The molecule has 1 aromatic rings. The predicted molar refractivity (Wildman–Crippen MR) is 75.2 cm³/mol. The number of nitrogens with one attached hydrogen (secondary N) is 1. The number of aryl methyl sites for hydroxylation is 2. The highest BCUT2D eigenvalue weighted by Crippen LogP contribution is 2.20. The molecule has 3 heteroatoms. The van der Waals surface area contributed by atoms with E-state index >= 15 is 0 Å². The van der Waals surface area contributed by atoms with Crippen molar-refractivity contribution in [2.45, 2.75) is 40.7 Å². The fraction of sp³-hybridized carbons (Fsp3) is 0.533. The van der Waals surface area contributed by atoms with Gasteiger partial charge in [0.05, 0.1) is 0 Å². The minimum absolute atomic E-state index is 0.0638. The largest absolute Gasteiger partial charge is 0.352 e. The molecule has 100 valence electrons. The smallest absolute Gasteiger partial charge is 0.225 e. The van der Waals surface area contributed by atoms with E-state index in [1.165, 1.54) is 16.7 Å². The third kappa shape index (κ3) is 3.84. The molecule has 0 spiro atoms. The average Bonchev–Trinajstić information content (AvgIpc) is 2.29. The predicted octanol–water partition coefficient (Wildman–Crippen LogP) is 2.29. The van der Waals surface area contributed by atoms with Crippen LogP contribution in [0.4, 0.5) is 0 Å². The lowest BCUT2D eigenvalue weighted by atomic mass is 9.88. The van der Waals surface area contributed by atoms with Crippen LogP contribution in [0, 0.1) is 19.3 Å². The molecule has 0 aliphatic heterocycles. The average molecular weight is 248 g/mol. The van der Waals surface area contributed by atoms with Gasteiger partial charge >= 0.3 is 0 Å². The molecule has 18 heavy (non-hydrogen) atoms. The summed E-state index contributed by atoms with van der Waals surface area (Å²) in [5.41, 5.74) is 8.72. The molecular formula is C15H24N2O. The van der Waals surface area contributed by atoms with E-state index in [0.29, 0.717) is 19.5 Å². The van der Waals surface area contributed by atoms with Crippen LogP contribution in [0.5, 0.6) is 0 Å². The van der Waals surface area contributed by atoms with Crippen molar-refractivity contribution in [2.24, 2.45) is 11.1 Å². The van der Waals surface area contributed by atoms with Crippen LogP contribution in [0.2, 0.25) is 0 Å². The Kier molecular flexibility index (Phi) is 4.91. The Labute approximate surface area is 110 Å². The molecule has 0 aliphatic carbocycles. The Balaban J connectivity index is 2.65. The fourth-order valence-corrected chi connectivity index (χ4v) is 1.88. The summed E-state index contributed by atoms with van der Waals surface area (Å²) < 4.78 is 0. The van der Waals surface area contributed by atoms with E-state index in [0.717, 1.165) is 0 Å². The van der Waals surface area contributed by atoms with Crippen LogP contribution in [-0.2, 0) is 11.3 Å². The van der Waals surface area contributed by atoms with Crippen LogP contribution < -0.4 is 11.1 Å². The van der Waals surface area contributed by atoms with Gasteiger partial charge in [0, 0.05) is 12.0 Å². The quantitative estimate of drug-likeness (QED) is 0.840. The number of carbonyl (C=O) groups excluding carboxylic acids is 1. The lowest BCUT2D eigenvalue weighted by molar-refractivity contribution is -0.129. The zero-order valence-electron chi connectivity index (χ0n) is 11.8. The Morgan fingerprint density at radius 1 is 1.33 bits per heavy atom. The molecule has 0 fully saturated rings. The number of rotatable bonds is 5. The molecule has 0 unspecified atom stereocenters. The highest BCUT2D eigenvalue weighted by molar-refractivity contribution is 5.81. The second-order valence-corrected chi connectivity index (χ2v) is 5.54. The first-order valence-electron chi connectivity index (χ1n) is 6.41. The summed E-state index contributed by atoms with van der Waals surface area (Å²) in [6.45, 7) is 9.09. The molecule has 0 heterocycles. The van der Waals surface area contributed by atoms with E-state index in [-0.39, 0.29) is 5.91 Å². The molecule has 0 saturated heterocycles. The second-order valence-electron chi connectivity index (χ2n) is 5.54. The summed E-state index contributed by atoms with van der Waals surface area (Å²) in [6.07, 6.45) is 0.700. The summed E-state index contributed by atoms with van der Waals surface area (Å²) in [6, 6.07) is 6.28. The molecule has 0 aliphatic rings. The Bertz CT molecular complexity index is 425. The molecule has 0 bridgehead atoms. The highest BCUT2D eigenvalue weighted by atomic mass is 16.2. The topological polar surface area (TPSA) is 55.1 Å². The first-order chi connectivity index (χ1) is 8.36. The maximum atomic E-state index is 12.1. The number of hydrogen-bond donors (Lipinski definition) is 2. The van der Waals surface area contributed by atoms with Gasteiger partial charge in [-0.25, -0.2) is 0 Å². The minimum atomic E-state index is -0.396. The van der Waals surface area contributed by atoms with Gasteiger partial charge in [-0.15, -0.1) is 0 Å². The summed E-state index contributed by atoms with van der Waals surface area (Å²) in [4.78, 5) is 12.1. The second kappa shape index (κ2) is 6.01. The van der Waals surface area contributed by atoms with Crippen molar-refractivity contribution < 1.29 is 4.79 Å². The SMILES string of the molecule is Cc1ccc(C)c(CNC(=O)C(C)(C)CCN)c1. The van der Waals surface area contributed by atoms with Gasteiger partial charge in [-0.1, -0.05) is 37.6 Å². The molecule has 0 saturated carbocycles. The first-order valence-corrected chi connectivity index (χ1v) is 6.41. The van der Waals surface area contributed by atoms with Crippen molar-refractivity contribution in [3.05, 3.63) is 34.9 Å². The van der Waals surface area contributed by atoms with Crippen LogP contribution in [0.15, 0.2) is 18.2 Å². The lowest BCUT2D eigenvalue weighted by Gasteiger charge is -2.23. The van der Waals surface area contributed by atoms with E-state index in [1.807, 2.05) is 13.8 Å². The molecule has 3 nitrogen and oxygen atoms in total. The van der Waals surface area contributed by atoms with Gasteiger partial charge in [0.15, 0.2) is 0 Å². The summed E-state index contributed by atoms with van der Waals surface area (Å²) in [5.74, 6) is 0.0638. The fourth-order valence-electron chi connectivity index (χ4n) is 1.88. The molecule has 0 atom stereocenters. The van der Waals surface area contributed by atoms with E-state index in [1.54, 1.807) is 0 Å². The van der Waals surface area contributed by atoms with Gasteiger partial charge in [0.2, 0.25) is 5.91 Å². The molecule has 1 rings (SSSR count). The van der Waals surface area contributed by atoms with Crippen molar-refractivity contribution in [1.82, 2.24) is 5.32 Å². The van der Waals surface area contributed by atoms with Gasteiger partial charge in [0.1, 0.15) is 0 Å². The molecular weight excluding hydrogens is 224 g/mol. The van der Waals surface area contributed by atoms with E-state index in [9.17, 15) is 4.79 Å². The van der Waals surface area contributed by atoms with Crippen molar-refractivity contribution >= 4 is 5.91 Å². The van der Waals surface area contributed by atoms with Crippen LogP contribution in [0.25, 0.3) is 0 Å². The van der Waals surface area contributed by atoms with Gasteiger partial charge in [-0.05, 0) is 37.9 Å². The number of hydrogen-bond acceptors (Lipinski definition) is 2. The molecule has 1 amide bonds. The van der Waals surface area contributed by atoms with Crippen molar-refractivity contribution in [1.29, 1.82) is 0 Å². The van der Waals surface area contributed by atoms with E-state index in [2.05, 4.69) is 37.4 Å². The standard InChI is InChI=1S/C15H24N2O/c1-11-5-6-12(2)13(9-11)10-17-14(18)15(3,4)7-8-16/h5-6,9H,7-8,10,16H2,1-4H3,(H,17,18). The number of carbonyl (C=O) groups is 1. The Morgan fingerprint density at radius 3 is 2.61 bits per heavy atom. The summed E-state index contributed by atoms with van der Waals surface area (Å²) in [5, 5.41) is 3.00.